The minimum atomic E-state index is -0.757. The molecule has 10 heteroatoms. The van der Waals surface area contributed by atoms with Gasteiger partial charge in [0.25, 0.3) is 0 Å². The van der Waals surface area contributed by atoms with E-state index in [1.807, 2.05) is 19.0 Å². The summed E-state index contributed by atoms with van der Waals surface area (Å²) < 4.78 is 40.8. The summed E-state index contributed by atoms with van der Waals surface area (Å²) in [5.74, 6) is -1.50. The molecule has 208 valence electrons. The van der Waals surface area contributed by atoms with Gasteiger partial charge in [-0.3, -0.25) is 4.79 Å². The first-order valence-electron chi connectivity index (χ1n) is 13.3. The molecule has 3 heterocycles. The van der Waals surface area contributed by atoms with Crippen LogP contribution in [0.25, 0.3) is 10.9 Å². The van der Waals surface area contributed by atoms with Crippen LogP contribution >= 0.6 is 0 Å². The Morgan fingerprint density at radius 2 is 2.00 bits per heavy atom. The molecule has 0 spiro atoms. The summed E-state index contributed by atoms with van der Waals surface area (Å²) in [6.45, 7) is 10.2. The number of esters is 1. The van der Waals surface area contributed by atoms with Crippen molar-refractivity contribution in [1.29, 1.82) is 0 Å². The maximum atomic E-state index is 15.1. The molecular formula is C28H39F2N5O3. The number of hydrogen-bond acceptors (Lipinski definition) is 8. The number of halogens is 2. The highest BCUT2D eigenvalue weighted by atomic mass is 19.1. The fraction of sp³-hybridized carbons (Fsp3) is 0.679. The number of rotatable bonds is 7. The SMILES string of the molecule is COC(=O)C1CC1(COc1nc(N2C[C@H]3CC[C@](C)(N3)C2C(C)(C)C)c2cc(F)cc(F)c2n1)CN(C)C. The third-order valence-electron chi connectivity index (χ3n) is 8.44. The molecule has 8 nitrogen and oxygen atoms in total. The highest BCUT2D eigenvalue weighted by Gasteiger charge is 2.60. The van der Waals surface area contributed by atoms with Gasteiger partial charge in [0.2, 0.25) is 0 Å². The van der Waals surface area contributed by atoms with Crippen molar-refractivity contribution >= 4 is 22.7 Å². The first-order valence-corrected chi connectivity index (χ1v) is 13.3. The lowest BCUT2D eigenvalue weighted by Crippen LogP contribution is -2.68. The van der Waals surface area contributed by atoms with Crippen molar-refractivity contribution in [3.8, 4) is 6.01 Å². The molecule has 5 atom stereocenters. The fourth-order valence-electron chi connectivity index (χ4n) is 7.20. The van der Waals surface area contributed by atoms with Crippen molar-refractivity contribution in [2.24, 2.45) is 16.7 Å². The molecule has 0 radical (unpaired) electrons. The van der Waals surface area contributed by atoms with E-state index in [1.54, 1.807) is 0 Å². The van der Waals surface area contributed by atoms with E-state index in [1.165, 1.54) is 13.2 Å². The van der Waals surface area contributed by atoms with E-state index in [0.717, 1.165) is 18.9 Å². The minimum absolute atomic E-state index is 0.0123. The highest BCUT2D eigenvalue weighted by molar-refractivity contribution is 5.90. The average molecular weight is 532 g/mol. The topological polar surface area (TPSA) is 79.8 Å². The Kier molecular flexibility index (Phi) is 6.58. The van der Waals surface area contributed by atoms with Crippen molar-refractivity contribution in [3.63, 3.8) is 0 Å². The van der Waals surface area contributed by atoms with Crippen LogP contribution in [0.1, 0.15) is 47.0 Å². The Morgan fingerprint density at radius 3 is 2.66 bits per heavy atom. The number of hydrogen-bond donors (Lipinski definition) is 1. The van der Waals surface area contributed by atoms with E-state index < -0.39 is 17.0 Å². The Hall–Kier alpha value is -2.59. The van der Waals surface area contributed by atoms with Gasteiger partial charge in [-0.2, -0.15) is 9.97 Å². The molecule has 3 unspecified atom stereocenters. The van der Waals surface area contributed by atoms with E-state index in [4.69, 9.17) is 14.5 Å². The zero-order valence-electron chi connectivity index (χ0n) is 23.4. The number of ether oxygens (including phenoxy) is 2. The third-order valence-corrected chi connectivity index (χ3v) is 8.44. The number of benzene rings is 1. The Labute approximate surface area is 223 Å². The molecule has 1 aromatic carbocycles. The first kappa shape index (κ1) is 27.0. The molecule has 1 saturated carbocycles. The van der Waals surface area contributed by atoms with Crippen molar-refractivity contribution in [2.75, 3.05) is 45.8 Å². The molecule has 5 rings (SSSR count). The van der Waals surface area contributed by atoms with Gasteiger partial charge in [0.05, 0.1) is 25.7 Å². The number of carbonyl (C=O) groups excluding carboxylic acids is 1. The monoisotopic (exact) mass is 531 g/mol. The lowest BCUT2D eigenvalue weighted by molar-refractivity contribution is -0.143. The van der Waals surface area contributed by atoms with Crippen molar-refractivity contribution < 1.29 is 23.0 Å². The molecule has 2 aromatic rings. The summed E-state index contributed by atoms with van der Waals surface area (Å²) in [5, 5.41) is 4.12. The number of anilines is 1. The molecule has 1 aromatic heterocycles. The van der Waals surface area contributed by atoms with Crippen molar-refractivity contribution in [2.45, 2.75) is 64.6 Å². The molecule has 3 aliphatic rings. The Bertz CT molecular complexity index is 1250. The second-order valence-corrected chi connectivity index (χ2v) is 13.0. The lowest BCUT2D eigenvalue weighted by atomic mass is 9.73. The molecule has 2 bridgehead atoms. The Balaban J connectivity index is 1.56. The van der Waals surface area contributed by atoms with E-state index in [9.17, 15) is 9.18 Å². The summed E-state index contributed by atoms with van der Waals surface area (Å²) in [6.07, 6.45) is 2.66. The van der Waals surface area contributed by atoms with Gasteiger partial charge in [-0.05, 0) is 51.8 Å². The summed E-state index contributed by atoms with van der Waals surface area (Å²) in [6, 6.07) is 2.44. The number of nitrogens with one attached hydrogen (secondary N) is 1. The molecule has 1 N–H and O–H groups in total. The molecule has 2 saturated heterocycles. The standard InChI is InChI=1S/C28H39F2N5O3/c1-26(2,3)24-27(4)9-8-17(33-27)13-35(24)22-18-10-16(29)11-20(30)21(18)31-25(32-22)38-15-28(14-34(5)6)12-19(28)23(36)37-7/h10-11,17,19,24,33H,8-9,12-15H2,1-7H3/t17-,19?,24?,27+,28?/m1/s1. The fourth-order valence-corrected chi connectivity index (χ4v) is 7.20. The van der Waals surface area contributed by atoms with Crippen LogP contribution in [0.5, 0.6) is 6.01 Å². The summed E-state index contributed by atoms with van der Waals surface area (Å²) in [7, 11) is 5.26. The number of carbonyl (C=O) groups is 1. The van der Waals surface area contributed by atoms with Gasteiger partial charge in [-0.25, -0.2) is 8.78 Å². The average Bonchev–Trinajstić information content (AvgIpc) is 3.43. The van der Waals surface area contributed by atoms with E-state index >= 15 is 4.39 Å². The molecule has 1 aliphatic carbocycles. The molecule has 38 heavy (non-hydrogen) atoms. The van der Waals surface area contributed by atoms with Crippen LogP contribution in [0.2, 0.25) is 0 Å². The van der Waals surface area contributed by atoms with Gasteiger partial charge >= 0.3 is 12.0 Å². The normalized spacial score (nSPS) is 30.7. The molecular weight excluding hydrogens is 492 g/mol. The van der Waals surface area contributed by atoms with E-state index in [2.05, 4.69) is 42.9 Å². The van der Waals surface area contributed by atoms with Crippen LogP contribution in [0.4, 0.5) is 14.6 Å². The van der Waals surface area contributed by atoms with E-state index in [0.29, 0.717) is 30.7 Å². The maximum absolute atomic E-state index is 15.1. The van der Waals surface area contributed by atoms with Gasteiger partial charge in [-0.1, -0.05) is 20.8 Å². The second kappa shape index (κ2) is 9.26. The number of fused-ring (bicyclic) bond motifs is 3. The smallest absolute Gasteiger partial charge is 0.319 e. The quantitative estimate of drug-likeness (QED) is 0.541. The molecule has 2 aliphatic heterocycles. The number of aromatic nitrogens is 2. The van der Waals surface area contributed by atoms with Gasteiger partial charge in [-0.15, -0.1) is 0 Å². The van der Waals surface area contributed by atoms with Crippen LogP contribution in [-0.2, 0) is 9.53 Å². The number of piperazine rings is 1. The predicted octanol–water partition coefficient (Wildman–Crippen LogP) is 3.77. The van der Waals surface area contributed by atoms with Gasteiger partial charge in [0.15, 0.2) is 5.82 Å². The summed E-state index contributed by atoms with van der Waals surface area (Å²) in [4.78, 5) is 25.7. The molecule has 0 amide bonds. The van der Waals surface area contributed by atoms with Crippen LogP contribution in [-0.4, -0.2) is 79.4 Å². The van der Waals surface area contributed by atoms with Crippen LogP contribution in [0, 0.1) is 28.4 Å². The van der Waals surface area contributed by atoms with E-state index in [-0.39, 0.29) is 53.1 Å². The number of methoxy groups -OCH3 is 1. The highest BCUT2D eigenvalue weighted by Crippen LogP contribution is 2.54. The second-order valence-electron chi connectivity index (χ2n) is 13.0. The van der Waals surface area contributed by atoms with Crippen molar-refractivity contribution in [3.05, 3.63) is 23.8 Å². The maximum Gasteiger partial charge on any atom is 0.319 e. The first-order chi connectivity index (χ1) is 17.8. The van der Waals surface area contributed by atoms with Gasteiger partial charge in [0, 0.05) is 41.5 Å². The van der Waals surface area contributed by atoms with Crippen molar-refractivity contribution in [1.82, 2.24) is 20.2 Å². The van der Waals surface area contributed by atoms with Crippen LogP contribution in [0.3, 0.4) is 0 Å². The summed E-state index contributed by atoms with van der Waals surface area (Å²) in [5.41, 5.74) is -0.745. The third kappa shape index (κ3) is 4.70. The Morgan fingerprint density at radius 1 is 1.26 bits per heavy atom. The summed E-state index contributed by atoms with van der Waals surface area (Å²) >= 11 is 0. The van der Waals surface area contributed by atoms with Gasteiger partial charge in [0.1, 0.15) is 17.2 Å². The largest absolute Gasteiger partial charge is 0.469 e. The van der Waals surface area contributed by atoms with Gasteiger partial charge < -0.3 is 24.6 Å². The zero-order chi connectivity index (χ0) is 27.6. The molecule has 3 fully saturated rings. The van der Waals surface area contributed by atoms with Crippen LogP contribution < -0.4 is 15.0 Å². The number of nitrogens with zero attached hydrogens (tertiary/aromatic N) is 4. The predicted molar refractivity (Wildman–Crippen MR) is 141 cm³/mol. The zero-order valence-corrected chi connectivity index (χ0v) is 23.4. The minimum Gasteiger partial charge on any atom is -0.469 e. The van der Waals surface area contributed by atoms with Crippen LogP contribution in [0.15, 0.2) is 12.1 Å². The lowest BCUT2D eigenvalue weighted by Gasteiger charge is -2.53.